The van der Waals surface area contributed by atoms with E-state index in [1.165, 1.54) is 36.4 Å². The molecule has 38 heavy (non-hydrogen) atoms. The van der Waals surface area contributed by atoms with Crippen LogP contribution in [0.15, 0.2) is 36.4 Å². The van der Waals surface area contributed by atoms with E-state index in [2.05, 4.69) is 27.7 Å². The maximum Gasteiger partial charge on any atom is 0.519 e. The third kappa shape index (κ3) is 10.9. The van der Waals surface area contributed by atoms with E-state index in [-0.39, 0.29) is 22.9 Å². The lowest BCUT2D eigenvalue weighted by Crippen LogP contribution is -2.16. The second-order valence-corrected chi connectivity index (χ2v) is 10.5. The van der Waals surface area contributed by atoms with Gasteiger partial charge in [0.2, 0.25) is 0 Å². The molecule has 0 amide bonds. The molecule has 2 aromatic rings. The normalized spacial score (nSPS) is 11.1. The molecule has 0 aromatic heterocycles. The standard InChI is InChI=1S/C29H40N2O7/c1-21(2)11-7-5-9-13-23-19-25(30(33)34)15-17-27(23)37-29(32)38-28-18-16-26(31(35)36)20-24(28)14-10-6-8-12-22(3)4/h15-22H,5-14H2,1-4H3. The first-order chi connectivity index (χ1) is 18.1. The number of unbranched alkanes of at least 4 members (excludes halogenated alkanes) is 4. The predicted molar refractivity (Wildman–Crippen MR) is 147 cm³/mol. The summed E-state index contributed by atoms with van der Waals surface area (Å²) in [6.45, 7) is 8.67. The molecule has 9 nitrogen and oxygen atoms in total. The summed E-state index contributed by atoms with van der Waals surface area (Å²) in [4.78, 5) is 34.3. The zero-order chi connectivity index (χ0) is 28.1. The van der Waals surface area contributed by atoms with E-state index in [1.807, 2.05) is 0 Å². The van der Waals surface area contributed by atoms with E-state index >= 15 is 0 Å². The number of ether oxygens (including phenoxy) is 2. The number of carbonyl (C=O) groups excluding carboxylic acids is 1. The minimum Gasteiger partial charge on any atom is -0.394 e. The first-order valence-corrected chi connectivity index (χ1v) is 13.5. The fraction of sp³-hybridized carbons (Fsp3) is 0.552. The Bertz CT molecular complexity index is 999. The summed E-state index contributed by atoms with van der Waals surface area (Å²) in [6.07, 6.45) is 7.96. The Kier molecular flexibility index (Phi) is 12.7. The number of non-ortho nitro benzene ring substituents is 2. The summed E-state index contributed by atoms with van der Waals surface area (Å²) in [7, 11) is 0. The van der Waals surface area contributed by atoms with Crippen molar-refractivity contribution in [1.29, 1.82) is 0 Å². The number of aryl methyl sites for hydroxylation is 2. The number of hydrogen-bond donors (Lipinski definition) is 0. The highest BCUT2D eigenvalue weighted by molar-refractivity contribution is 5.69. The molecule has 0 saturated carbocycles. The lowest BCUT2D eigenvalue weighted by Gasteiger charge is -2.13. The predicted octanol–water partition coefficient (Wildman–Crippen LogP) is 8.60. The van der Waals surface area contributed by atoms with Crippen LogP contribution < -0.4 is 9.47 Å². The van der Waals surface area contributed by atoms with Gasteiger partial charge in [-0.2, -0.15) is 0 Å². The van der Waals surface area contributed by atoms with E-state index in [9.17, 15) is 25.0 Å². The van der Waals surface area contributed by atoms with E-state index in [0.717, 1.165) is 51.4 Å². The van der Waals surface area contributed by atoms with Gasteiger partial charge >= 0.3 is 6.16 Å². The second-order valence-electron chi connectivity index (χ2n) is 10.5. The van der Waals surface area contributed by atoms with Crippen molar-refractivity contribution in [1.82, 2.24) is 0 Å². The van der Waals surface area contributed by atoms with Crippen molar-refractivity contribution in [3.8, 4) is 11.5 Å². The molecule has 0 fully saturated rings. The molecule has 0 N–H and O–H groups in total. The minimum absolute atomic E-state index is 0.0713. The SMILES string of the molecule is CC(C)CCCCCc1cc([N+](=O)[O-])ccc1OC(=O)Oc1ccc([N+](=O)[O-])cc1CCCCCC(C)C. The summed E-state index contributed by atoms with van der Waals surface area (Å²) in [6, 6.07) is 8.26. The van der Waals surface area contributed by atoms with Crippen molar-refractivity contribution in [3.63, 3.8) is 0 Å². The number of hydrogen-bond acceptors (Lipinski definition) is 7. The zero-order valence-corrected chi connectivity index (χ0v) is 22.9. The molecule has 0 bridgehead atoms. The first-order valence-electron chi connectivity index (χ1n) is 13.5. The fourth-order valence-corrected chi connectivity index (χ4v) is 4.24. The van der Waals surface area contributed by atoms with Gasteiger partial charge in [-0.3, -0.25) is 20.2 Å². The molecular weight excluding hydrogens is 488 g/mol. The van der Waals surface area contributed by atoms with E-state index in [0.29, 0.717) is 35.8 Å². The number of nitrogens with zero attached hydrogens (tertiary/aromatic N) is 2. The third-order valence-electron chi connectivity index (χ3n) is 6.35. The first kappa shape index (κ1) is 30.7. The molecule has 2 rings (SSSR count). The van der Waals surface area contributed by atoms with Gasteiger partial charge in [-0.25, -0.2) is 4.79 Å². The second kappa shape index (κ2) is 15.7. The topological polar surface area (TPSA) is 122 Å². The molecule has 208 valence electrons. The van der Waals surface area contributed by atoms with Gasteiger partial charge in [-0.05, 0) is 49.7 Å². The van der Waals surface area contributed by atoms with Gasteiger partial charge in [-0.15, -0.1) is 0 Å². The summed E-state index contributed by atoms with van der Waals surface area (Å²) in [5, 5.41) is 22.6. The van der Waals surface area contributed by atoms with Gasteiger partial charge in [-0.1, -0.05) is 66.2 Å². The van der Waals surface area contributed by atoms with Crippen molar-refractivity contribution in [3.05, 3.63) is 67.8 Å². The smallest absolute Gasteiger partial charge is 0.394 e. The van der Waals surface area contributed by atoms with Crippen molar-refractivity contribution >= 4 is 17.5 Å². The molecule has 2 aromatic carbocycles. The van der Waals surface area contributed by atoms with Crippen LogP contribution in [0.1, 0.15) is 90.2 Å². The molecule has 0 unspecified atom stereocenters. The molecular formula is C29H40N2O7. The largest absolute Gasteiger partial charge is 0.519 e. The highest BCUT2D eigenvalue weighted by Crippen LogP contribution is 2.29. The number of carbonyl (C=O) groups is 1. The van der Waals surface area contributed by atoms with Gasteiger partial charge in [0.25, 0.3) is 11.4 Å². The molecule has 0 aliphatic carbocycles. The summed E-state index contributed by atoms with van der Waals surface area (Å²) in [5.74, 6) is 1.65. The van der Waals surface area contributed by atoms with Gasteiger partial charge in [0.1, 0.15) is 11.5 Å². The molecule has 0 spiro atoms. The highest BCUT2D eigenvalue weighted by Gasteiger charge is 2.19. The molecule has 0 radical (unpaired) electrons. The van der Waals surface area contributed by atoms with Crippen molar-refractivity contribution < 1.29 is 24.1 Å². The summed E-state index contributed by atoms with van der Waals surface area (Å²) < 4.78 is 10.9. The Morgan fingerprint density at radius 2 is 1.08 bits per heavy atom. The minimum atomic E-state index is -0.991. The van der Waals surface area contributed by atoms with E-state index in [1.54, 1.807) is 0 Å². The quantitative estimate of drug-likeness (QED) is 0.0702. The van der Waals surface area contributed by atoms with Crippen LogP contribution in [0.4, 0.5) is 16.2 Å². The van der Waals surface area contributed by atoms with E-state index < -0.39 is 16.0 Å². The van der Waals surface area contributed by atoms with E-state index in [4.69, 9.17) is 9.47 Å². The van der Waals surface area contributed by atoms with Crippen LogP contribution in [0, 0.1) is 32.1 Å². The average molecular weight is 529 g/mol. The molecule has 0 saturated heterocycles. The van der Waals surface area contributed by atoms with Gasteiger partial charge in [0.05, 0.1) is 9.85 Å². The lowest BCUT2D eigenvalue weighted by molar-refractivity contribution is -0.385. The summed E-state index contributed by atoms with van der Waals surface area (Å²) in [5.41, 5.74) is 0.987. The van der Waals surface area contributed by atoms with Gasteiger partial charge < -0.3 is 9.47 Å². The molecule has 0 atom stereocenters. The van der Waals surface area contributed by atoms with Crippen LogP contribution in [0.25, 0.3) is 0 Å². The van der Waals surface area contributed by atoms with Crippen LogP contribution >= 0.6 is 0 Å². The maximum atomic E-state index is 12.7. The highest BCUT2D eigenvalue weighted by atomic mass is 16.7. The number of nitro benzene ring substituents is 2. The molecule has 9 heteroatoms. The lowest BCUT2D eigenvalue weighted by atomic mass is 10.0. The monoisotopic (exact) mass is 528 g/mol. The summed E-state index contributed by atoms with van der Waals surface area (Å²) >= 11 is 0. The van der Waals surface area contributed by atoms with Gasteiger partial charge in [0.15, 0.2) is 0 Å². The van der Waals surface area contributed by atoms with Crippen LogP contribution in [-0.4, -0.2) is 16.0 Å². The Balaban J connectivity index is 2.11. The third-order valence-corrected chi connectivity index (χ3v) is 6.35. The Morgan fingerprint density at radius 1 is 0.684 bits per heavy atom. The Labute approximate surface area is 224 Å². The van der Waals surface area contributed by atoms with Crippen molar-refractivity contribution in [2.75, 3.05) is 0 Å². The molecule has 0 heterocycles. The number of rotatable bonds is 16. The van der Waals surface area contributed by atoms with Crippen molar-refractivity contribution in [2.24, 2.45) is 11.8 Å². The van der Waals surface area contributed by atoms with Crippen LogP contribution in [0.5, 0.6) is 11.5 Å². The zero-order valence-electron chi connectivity index (χ0n) is 22.9. The Hall–Kier alpha value is -3.49. The van der Waals surface area contributed by atoms with Crippen molar-refractivity contribution in [2.45, 2.75) is 91.9 Å². The molecule has 0 aliphatic heterocycles. The van der Waals surface area contributed by atoms with Crippen LogP contribution in [0.2, 0.25) is 0 Å². The fourth-order valence-electron chi connectivity index (χ4n) is 4.24. The number of nitro groups is 2. The van der Waals surface area contributed by atoms with Crippen LogP contribution in [-0.2, 0) is 12.8 Å². The maximum absolute atomic E-state index is 12.7. The average Bonchev–Trinajstić information content (AvgIpc) is 2.84. The van der Waals surface area contributed by atoms with Gasteiger partial charge in [0, 0.05) is 35.4 Å². The number of benzene rings is 2. The van der Waals surface area contributed by atoms with Crippen LogP contribution in [0.3, 0.4) is 0 Å². The Morgan fingerprint density at radius 3 is 1.42 bits per heavy atom. The molecule has 0 aliphatic rings.